The van der Waals surface area contributed by atoms with Crippen LogP contribution in [0.2, 0.25) is 5.28 Å². The number of likely N-dealkylation sites (tertiary alicyclic amines) is 1. The molecule has 29 heavy (non-hydrogen) atoms. The molecule has 0 radical (unpaired) electrons. The van der Waals surface area contributed by atoms with Gasteiger partial charge in [0.1, 0.15) is 11.8 Å². The van der Waals surface area contributed by atoms with Crippen LogP contribution in [0.4, 0.5) is 0 Å². The number of ether oxygens (including phenoxy) is 1. The third-order valence-electron chi connectivity index (χ3n) is 5.49. The molecule has 1 atom stereocenters. The second kappa shape index (κ2) is 8.81. The van der Waals surface area contributed by atoms with E-state index in [9.17, 15) is 5.26 Å². The fourth-order valence-corrected chi connectivity index (χ4v) is 4.08. The molecule has 3 aromatic rings. The van der Waals surface area contributed by atoms with E-state index in [-0.39, 0.29) is 12.7 Å². The molecule has 1 aromatic carbocycles. The van der Waals surface area contributed by atoms with Gasteiger partial charge in [-0.15, -0.1) is 0 Å². The molecule has 0 N–H and O–H groups in total. The van der Waals surface area contributed by atoms with Crippen LogP contribution in [0.1, 0.15) is 32.3 Å². The van der Waals surface area contributed by atoms with Crippen molar-refractivity contribution in [2.24, 2.45) is 7.05 Å². The number of rotatable bonds is 5. The van der Waals surface area contributed by atoms with Gasteiger partial charge < -0.3 is 14.2 Å². The molecule has 6 nitrogen and oxygen atoms in total. The number of halogens is 1. The van der Waals surface area contributed by atoms with Crippen molar-refractivity contribution >= 4 is 22.5 Å². The van der Waals surface area contributed by atoms with Crippen LogP contribution >= 0.6 is 11.6 Å². The van der Waals surface area contributed by atoms with Gasteiger partial charge in [0.25, 0.3) is 0 Å². The van der Waals surface area contributed by atoms with Gasteiger partial charge in [0, 0.05) is 36.3 Å². The monoisotopic (exact) mass is 411 g/mol. The molecule has 1 aliphatic rings. The second-order valence-electron chi connectivity index (χ2n) is 7.26. The zero-order chi connectivity index (χ0) is 19.7. The number of nitrogens with zero attached hydrogens (tertiary/aromatic N) is 5. The topological polar surface area (TPSA) is 67.0 Å². The second-order valence-corrected chi connectivity index (χ2v) is 7.60. The summed E-state index contributed by atoms with van der Waals surface area (Å²) < 4.78 is 8.03. The lowest BCUT2D eigenvalue weighted by atomic mass is 10.1. The quantitative estimate of drug-likeness (QED) is 0.571. The van der Waals surface area contributed by atoms with Crippen LogP contribution in [-0.4, -0.2) is 45.7 Å². The first-order chi connectivity index (χ1) is 13.6. The van der Waals surface area contributed by atoms with Gasteiger partial charge in [0.2, 0.25) is 5.28 Å². The molecule has 2 aromatic heterocycles. The third kappa shape index (κ3) is 4.21. The maximum absolute atomic E-state index is 9.40. The Morgan fingerprint density at radius 2 is 2.17 bits per heavy atom. The van der Waals surface area contributed by atoms with Gasteiger partial charge in [-0.3, -0.25) is 0 Å². The molecule has 152 valence electrons. The highest BCUT2D eigenvalue weighted by atomic mass is 35.5. The number of aryl methyl sites for hydroxylation is 1. The van der Waals surface area contributed by atoms with Gasteiger partial charge in [0.05, 0.1) is 29.6 Å². The fourth-order valence-electron chi connectivity index (χ4n) is 3.95. The summed E-state index contributed by atoms with van der Waals surface area (Å²) >= 11 is 5.97. The van der Waals surface area contributed by atoms with Gasteiger partial charge in [-0.05, 0) is 56.6 Å². The Balaban J connectivity index is 0.00000240. The summed E-state index contributed by atoms with van der Waals surface area (Å²) in [7, 11) is 4.15. The van der Waals surface area contributed by atoms with Crippen LogP contribution in [0.5, 0.6) is 5.75 Å². The molecule has 0 bridgehead atoms. The minimum atomic E-state index is 0. The average molecular weight is 412 g/mol. The van der Waals surface area contributed by atoms with E-state index < -0.39 is 0 Å². The Kier molecular flexibility index (Phi) is 6.41. The minimum absolute atomic E-state index is 0. The Morgan fingerprint density at radius 3 is 2.90 bits per heavy atom. The fraction of sp³-hybridized carbons (Fsp3) is 0.409. The molecule has 0 saturated carbocycles. The Morgan fingerprint density at radius 1 is 1.34 bits per heavy atom. The summed E-state index contributed by atoms with van der Waals surface area (Å²) in [5.41, 5.74) is 2.82. The maximum atomic E-state index is 9.40. The van der Waals surface area contributed by atoms with E-state index >= 15 is 0 Å². The molecule has 1 aliphatic heterocycles. The SMILES string of the molecule is C.CN1CCCC1CCOc1ccc2c(-c3nc(Cl)ncc3C#N)cn(C)c2c1. The molecule has 1 fully saturated rings. The third-order valence-corrected chi connectivity index (χ3v) is 5.67. The maximum Gasteiger partial charge on any atom is 0.222 e. The van der Waals surface area contributed by atoms with Crippen LogP contribution in [0.3, 0.4) is 0 Å². The van der Waals surface area contributed by atoms with Crippen molar-refractivity contribution in [3.63, 3.8) is 0 Å². The Hall–Kier alpha value is -2.62. The largest absolute Gasteiger partial charge is 0.493 e. The first-order valence-corrected chi connectivity index (χ1v) is 9.79. The number of fused-ring (bicyclic) bond motifs is 1. The lowest BCUT2D eigenvalue weighted by molar-refractivity contribution is 0.233. The van der Waals surface area contributed by atoms with E-state index in [1.807, 2.05) is 36.0 Å². The highest BCUT2D eigenvalue weighted by Crippen LogP contribution is 2.33. The van der Waals surface area contributed by atoms with Crippen molar-refractivity contribution in [1.82, 2.24) is 19.4 Å². The van der Waals surface area contributed by atoms with Crippen LogP contribution < -0.4 is 4.74 Å². The molecule has 4 rings (SSSR count). The number of hydrogen-bond donors (Lipinski definition) is 0. The number of benzene rings is 1. The van der Waals surface area contributed by atoms with E-state index in [0.717, 1.165) is 28.6 Å². The Labute approximate surface area is 176 Å². The van der Waals surface area contributed by atoms with Crippen molar-refractivity contribution in [3.05, 3.63) is 41.4 Å². The van der Waals surface area contributed by atoms with Crippen molar-refractivity contribution in [3.8, 4) is 23.1 Å². The zero-order valence-corrected chi connectivity index (χ0v) is 16.8. The normalized spacial score (nSPS) is 16.6. The molecular weight excluding hydrogens is 386 g/mol. The van der Waals surface area contributed by atoms with Gasteiger partial charge in [-0.25, -0.2) is 9.97 Å². The van der Waals surface area contributed by atoms with E-state index in [1.165, 1.54) is 25.6 Å². The summed E-state index contributed by atoms with van der Waals surface area (Å²) in [6.07, 6.45) is 6.99. The molecule has 1 unspecified atom stereocenters. The molecule has 1 saturated heterocycles. The van der Waals surface area contributed by atoms with Crippen molar-refractivity contribution in [2.75, 3.05) is 20.2 Å². The van der Waals surface area contributed by atoms with Crippen LogP contribution in [-0.2, 0) is 7.05 Å². The van der Waals surface area contributed by atoms with Crippen molar-refractivity contribution in [1.29, 1.82) is 5.26 Å². The molecule has 0 amide bonds. The lowest BCUT2D eigenvalue weighted by Crippen LogP contribution is -2.26. The molecule has 0 spiro atoms. The standard InChI is InChI=1S/C21H22ClN5O.CH4/c1-26-8-3-4-15(26)7-9-28-16-5-6-17-18(13-27(2)19(17)10-16)20-14(11-23)12-24-21(22)25-20;/h5-6,10,12-13,15H,3-4,7-9H2,1-2H3;1H4. The smallest absolute Gasteiger partial charge is 0.222 e. The van der Waals surface area contributed by atoms with Gasteiger partial charge in [0.15, 0.2) is 0 Å². The van der Waals surface area contributed by atoms with Crippen LogP contribution in [0.25, 0.3) is 22.2 Å². The van der Waals surface area contributed by atoms with Gasteiger partial charge >= 0.3 is 0 Å². The predicted molar refractivity (Wildman–Crippen MR) is 116 cm³/mol. The number of hydrogen-bond acceptors (Lipinski definition) is 5. The van der Waals surface area contributed by atoms with Crippen LogP contribution in [0.15, 0.2) is 30.6 Å². The summed E-state index contributed by atoms with van der Waals surface area (Å²) in [6.45, 7) is 1.89. The van der Waals surface area contributed by atoms with Crippen LogP contribution in [0, 0.1) is 11.3 Å². The molecule has 7 heteroatoms. The Bertz CT molecular complexity index is 1060. The summed E-state index contributed by atoms with van der Waals surface area (Å²) in [5.74, 6) is 0.849. The van der Waals surface area contributed by atoms with E-state index in [1.54, 1.807) is 0 Å². The number of aromatic nitrogens is 3. The average Bonchev–Trinajstić information content (AvgIpc) is 3.25. The zero-order valence-electron chi connectivity index (χ0n) is 16.0. The van der Waals surface area contributed by atoms with Crippen molar-refractivity contribution in [2.45, 2.75) is 32.7 Å². The van der Waals surface area contributed by atoms with Crippen molar-refractivity contribution < 1.29 is 4.74 Å². The first kappa shape index (κ1) is 21.1. The summed E-state index contributed by atoms with van der Waals surface area (Å²) in [4.78, 5) is 10.6. The lowest BCUT2D eigenvalue weighted by Gasteiger charge is -2.19. The van der Waals surface area contributed by atoms with E-state index in [0.29, 0.717) is 23.9 Å². The molecule has 3 heterocycles. The minimum Gasteiger partial charge on any atom is -0.493 e. The van der Waals surface area contributed by atoms with Gasteiger partial charge in [-0.1, -0.05) is 7.43 Å². The first-order valence-electron chi connectivity index (χ1n) is 9.42. The van der Waals surface area contributed by atoms with E-state index in [4.69, 9.17) is 16.3 Å². The molecule has 0 aliphatic carbocycles. The number of nitriles is 1. The summed E-state index contributed by atoms with van der Waals surface area (Å²) in [5, 5.41) is 10.5. The summed E-state index contributed by atoms with van der Waals surface area (Å²) in [6, 6.07) is 8.78. The van der Waals surface area contributed by atoms with E-state index in [2.05, 4.69) is 28.0 Å². The highest BCUT2D eigenvalue weighted by molar-refractivity contribution is 6.28. The predicted octanol–water partition coefficient (Wildman–Crippen LogP) is 4.66. The highest BCUT2D eigenvalue weighted by Gasteiger charge is 2.20. The van der Waals surface area contributed by atoms with Gasteiger partial charge in [-0.2, -0.15) is 5.26 Å². The molecular formula is C22H26ClN5O.